The average Bonchev–Trinajstić information content (AvgIpc) is 3.75. The molecule has 4 aromatic carbocycles. The maximum atomic E-state index is 13.9. The summed E-state index contributed by atoms with van der Waals surface area (Å²) in [6, 6.07) is 39.1. The number of hydrogen-bond donors (Lipinski definition) is 1. The Kier molecular flexibility index (Phi) is 12.3. The fraction of sp³-hybridized carbons (Fsp3) is 0.0816. The topological polar surface area (TPSA) is 127 Å². The predicted molar refractivity (Wildman–Crippen MR) is 233 cm³/mol. The van der Waals surface area contributed by atoms with E-state index in [0.29, 0.717) is 50.8 Å². The van der Waals surface area contributed by atoms with E-state index in [4.69, 9.17) is 20.2 Å². The number of pyridine rings is 2. The minimum atomic E-state index is -0.514. The average molecular weight is 815 g/mol. The van der Waals surface area contributed by atoms with Crippen molar-refractivity contribution in [1.82, 2.24) is 19.1 Å². The Morgan fingerprint density at radius 2 is 0.902 bits per heavy atom. The van der Waals surface area contributed by atoms with Crippen molar-refractivity contribution < 1.29 is 27.8 Å². The molecule has 0 bridgehead atoms. The van der Waals surface area contributed by atoms with Crippen LogP contribution in [0.3, 0.4) is 0 Å². The summed E-state index contributed by atoms with van der Waals surface area (Å²) in [5.41, 5.74) is 15.1. The normalized spacial score (nSPS) is 10.7. The number of carbonyl (C=O) groups is 2. The number of esters is 2. The van der Waals surface area contributed by atoms with Gasteiger partial charge in [0, 0.05) is 72.3 Å². The first-order valence-corrected chi connectivity index (χ1v) is 19.0. The van der Waals surface area contributed by atoms with Crippen LogP contribution in [0.1, 0.15) is 32.1 Å². The molecule has 304 valence electrons. The molecule has 0 saturated carbocycles. The van der Waals surface area contributed by atoms with Crippen LogP contribution in [0, 0.1) is 11.6 Å². The molecule has 0 aliphatic rings. The number of aromatic nitrogens is 4. The maximum absolute atomic E-state index is 13.9. The zero-order chi connectivity index (χ0) is 43.0. The van der Waals surface area contributed by atoms with Gasteiger partial charge in [0.05, 0.1) is 19.9 Å². The van der Waals surface area contributed by atoms with Crippen LogP contribution in [0.5, 0.6) is 0 Å². The molecule has 0 atom stereocenters. The van der Waals surface area contributed by atoms with Crippen LogP contribution in [0.15, 0.2) is 163 Å². The van der Waals surface area contributed by atoms with E-state index in [2.05, 4.69) is 9.97 Å². The third-order valence-electron chi connectivity index (χ3n) is 10.1. The van der Waals surface area contributed by atoms with Gasteiger partial charge in [-0.2, -0.15) is 0 Å². The zero-order valence-corrected chi connectivity index (χ0v) is 33.7. The third-order valence-corrected chi connectivity index (χ3v) is 10.1. The van der Waals surface area contributed by atoms with Crippen LogP contribution in [-0.4, -0.2) is 51.0 Å². The van der Waals surface area contributed by atoms with Crippen molar-refractivity contribution in [3.8, 4) is 44.5 Å². The van der Waals surface area contributed by atoms with Crippen LogP contribution in [0.2, 0.25) is 0 Å². The highest BCUT2D eigenvalue weighted by Gasteiger charge is 2.29. The maximum Gasteiger partial charge on any atom is 0.355 e. The molecule has 0 amide bonds. The van der Waals surface area contributed by atoms with Gasteiger partial charge < -0.3 is 24.3 Å². The third kappa shape index (κ3) is 8.46. The van der Waals surface area contributed by atoms with E-state index >= 15 is 0 Å². The second kappa shape index (κ2) is 18.3. The number of rotatable bonds is 9. The molecule has 8 rings (SSSR count). The number of nitrogen functional groups attached to an aromatic ring is 1. The Labute approximate surface area is 351 Å². The molecule has 12 heteroatoms. The van der Waals surface area contributed by atoms with Crippen LogP contribution in [0.25, 0.3) is 44.5 Å². The van der Waals surface area contributed by atoms with Crippen molar-refractivity contribution >= 4 is 29.3 Å². The summed E-state index contributed by atoms with van der Waals surface area (Å²) in [5, 5.41) is 0. The molecule has 0 saturated heterocycles. The minimum Gasteiger partial charge on any atom is -0.464 e. The second-order valence-electron chi connectivity index (χ2n) is 13.7. The number of ether oxygens (including phenoxy) is 2. The molecule has 10 nitrogen and oxygen atoms in total. The highest BCUT2D eigenvalue weighted by Crippen LogP contribution is 2.45. The summed E-state index contributed by atoms with van der Waals surface area (Å²) in [6.07, 6.45) is 6.68. The molecular formula is C49H40F2N6O4. The van der Waals surface area contributed by atoms with Gasteiger partial charge in [-0.3, -0.25) is 9.97 Å². The van der Waals surface area contributed by atoms with Gasteiger partial charge in [0.15, 0.2) is 0 Å². The molecule has 4 aromatic heterocycles. The Balaban J connectivity index is 0.000000202. The lowest BCUT2D eigenvalue weighted by Crippen LogP contribution is -2.10. The fourth-order valence-electron chi connectivity index (χ4n) is 7.17. The number of nitrogens with zero attached hydrogens (tertiary/aromatic N) is 5. The first-order valence-electron chi connectivity index (χ1n) is 19.0. The Hall–Kier alpha value is -7.99. The van der Waals surface area contributed by atoms with Gasteiger partial charge in [-0.05, 0) is 70.8 Å². The fourth-order valence-corrected chi connectivity index (χ4v) is 7.17. The Morgan fingerprint density at radius 3 is 1.33 bits per heavy atom. The molecule has 0 radical (unpaired) electrons. The first kappa shape index (κ1) is 41.2. The van der Waals surface area contributed by atoms with Gasteiger partial charge >= 0.3 is 11.9 Å². The van der Waals surface area contributed by atoms with Gasteiger partial charge in [-0.1, -0.05) is 84.9 Å². The van der Waals surface area contributed by atoms with E-state index in [1.54, 1.807) is 84.4 Å². The SMILES string of the molecule is COC(=O)c1c(-c2ccc(F)cc2)c(-c2ccncc2)c(N)n1C.COC(=O)c1c(-c2ccc(F)cc2)c(-c2ccncc2)c(N=C(c2ccccc2)c2ccccc2)n1C. The van der Waals surface area contributed by atoms with Crippen LogP contribution < -0.4 is 5.73 Å². The lowest BCUT2D eigenvalue weighted by atomic mass is 9.96. The van der Waals surface area contributed by atoms with E-state index in [0.717, 1.165) is 33.5 Å². The van der Waals surface area contributed by atoms with Crippen molar-refractivity contribution in [2.75, 3.05) is 20.0 Å². The van der Waals surface area contributed by atoms with Gasteiger partial charge in [-0.15, -0.1) is 0 Å². The second-order valence-corrected chi connectivity index (χ2v) is 13.7. The lowest BCUT2D eigenvalue weighted by Gasteiger charge is -2.11. The largest absolute Gasteiger partial charge is 0.464 e. The molecule has 0 unspecified atom stereocenters. The van der Waals surface area contributed by atoms with Crippen molar-refractivity contribution in [1.29, 1.82) is 0 Å². The van der Waals surface area contributed by atoms with Crippen molar-refractivity contribution in [3.63, 3.8) is 0 Å². The van der Waals surface area contributed by atoms with Gasteiger partial charge in [0.2, 0.25) is 0 Å². The number of methoxy groups -OCH3 is 2. The number of nitrogens with two attached hydrogens (primary N) is 1. The molecule has 8 aromatic rings. The number of benzene rings is 4. The summed E-state index contributed by atoms with van der Waals surface area (Å²) in [6.45, 7) is 0. The minimum absolute atomic E-state index is 0.313. The smallest absolute Gasteiger partial charge is 0.355 e. The molecule has 0 fully saturated rings. The van der Waals surface area contributed by atoms with Gasteiger partial charge in [0.25, 0.3) is 0 Å². The molecule has 4 heterocycles. The number of carbonyl (C=O) groups excluding carboxylic acids is 2. The van der Waals surface area contributed by atoms with Crippen LogP contribution in [0.4, 0.5) is 20.4 Å². The summed E-state index contributed by atoms with van der Waals surface area (Å²) in [5.74, 6) is -0.760. The number of hydrogen-bond acceptors (Lipinski definition) is 8. The highest BCUT2D eigenvalue weighted by atomic mass is 19.1. The first-order chi connectivity index (χ1) is 29.6. The highest BCUT2D eigenvalue weighted by molar-refractivity contribution is 6.15. The molecule has 2 N–H and O–H groups in total. The molecule has 61 heavy (non-hydrogen) atoms. The summed E-state index contributed by atoms with van der Waals surface area (Å²) < 4.78 is 40.6. The number of aliphatic imine (C=N–C) groups is 1. The molecule has 0 spiro atoms. The molecule has 0 aliphatic heterocycles. The van der Waals surface area contributed by atoms with Crippen LogP contribution >= 0.6 is 0 Å². The van der Waals surface area contributed by atoms with Crippen molar-refractivity contribution in [2.45, 2.75) is 0 Å². The van der Waals surface area contributed by atoms with E-state index in [-0.39, 0.29) is 11.6 Å². The van der Waals surface area contributed by atoms with Gasteiger partial charge in [0.1, 0.15) is 34.7 Å². The van der Waals surface area contributed by atoms with E-state index in [1.165, 1.54) is 38.5 Å². The van der Waals surface area contributed by atoms with E-state index < -0.39 is 11.9 Å². The predicted octanol–water partition coefficient (Wildman–Crippen LogP) is 10.1. The monoisotopic (exact) mass is 814 g/mol. The quantitative estimate of drug-likeness (QED) is 0.114. The zero-order valence-electron chi connectivity index (χ0n) is 33.7. The Morgan fingerprint density at radius 1 is 0.525 bits per heavy atom. The lowest BCUT2D eigenvalue weighted by molar-refractivity contribution is 0.0582. The van der Waals surface area contributed by atoms with E-state index in [9.17, 15) is 18.4 Å². The molecule has 0 aliphatic carbocycles. The molecular weight excluding hydrogens is 775 g/mol. The Bertz CT molecular complexity index is 2780. The van der Waals surface area contributed by atoms with Crippen molar-refractivity contribution in [3.05, 3.63) is 192 Å². The van der Waals surface area contributed by atoms with E-state index in [1.807, 2.05) is 72.8 Å². The standard InChI is InChI=1S/C31H24FN3O2.C18H16FN3O2/c1-35-29(31(36)37-2)26(21-13-15-25(32)16-14-21)27(22-17-19-33-20-18-22)30(35)34-28(23-9-5-3-6-10-23)24-11-7-4-8-12-24;1-22-16(18(23)24-2)14(11-3-5-13(19)6-4-11)15(17(22)20)12-7-9-21-10-8-12/h3-20H,1-2H3;3-10H,20H2,1-2H3. The number of halogens is 2. The van der Waals surface area contributed by atoms with Gasteiger partial charge in [-0.25, -0.2) is 23.4 Å². The summed E-state index contributed by atoms with van der Waals surface area (Å²) >= 11 is 0. The summed E-state index contributed by atoms with van der Waals surface area (Å²) in [7, 11) is 6.14. The number of anilines is 1. The van der Waals surface area contributed by atoms with Crippen LogP contribution in [-0.2, 0) is 23.6 Å². The summed E-state index contributed by atoms with van der Waals surface area (Å²) in [4.78, 5) is 38.8. The van der Waals surface area contributed by atoms with Crippen molar-refractivity contribution in [2.24, 2.45) is 19.1 Å².